The van der Waals surface area contributed by atoms with Gasteiger partial charge < -0.3 is 4.90 Å². The normalized spacial score (nSPS) is 11.4. The van der Waals surface area contributed by atoms with Gasteiger partial charge in [0.15, 0.2) is 0 Å². The Morgan fingerprint density at radius 1 is 1.07 bits per heavy atom. The van der Waals surface area contributed by atoms with Gasteiger partial charge >= 0.3 is 0 Å². The van der Waals surface area contributed by atoms with Crippen molar-refractivity contribution in [1.29, 1.82) is 0 Å². The number of nitrogens with zero attached hydrogens (tertiary/aromatic N) is 1. The first-order valence-electron chi connectivity index (χ1n) is 5.33. The maximum absolute atomic E-state index is 2.42. The van der Waals surface area contributed by atoms with Crippen LogP contribution in [0.4, 0.5) is 5.69 Å². The van der Waals surface area contributed by atoms with Crippen LogP contribution in [0.15, 0.2) is 30.3 Å². The molecular formula is C13H21N. The molecule has 0 saturated heterocycles. The molecule has 14 heavy (non-hydrogen) atoms. The predicted octanol–water partition coefficient (Wildman–Crippen LogP) is 3.56. The summed E-state index contributed by atoms with van der Waals surface area (Å²) < 4.78 is 0. The molecule has 1 aromatic carbocycles. The van der Waals surface area contributed by atoms with Gasteiger partial charge in [-0.15, -0.1) is 0 Å². The van der Waals surface area contributed by atoms with Crippen molar-refractivity contribution >= 4 is 5.69 Å². The van der Waals surface area contributed by atoms with Crippen molar-refractivity contribution in [3.8, 4) is 0 Å². The van der Waals surface area contributed by atoms with Gasteiger partial charge in [-0.1, -0.05) is 39.0 Å². The number of hydrogen-bond donors (Lipinski definition) is 0. The Morgan fingerprint density at radius 3 is 2.07 bits per heavy atom. The highest BCUT2D eigenvalue weighted by Gasteiger charge is 2.15. The van der Waals surface area contributed by atoms with Crippen LogP contribution in [0.5, 0.6) is 0 Å². The van der Waals surface area contributed by atoms with E-state index in [-0.39, 0.29) is 0 Å². The van der Waals surface area contributed by atoms with Gasteiger partial charge in [-0.05, 0) is 24.5 Å². The van der Waals surface area contributed by atoms with E-state index in [1.54, 1.807) is 0 Å². The summed E-state index contributed by atoms with van der Waals surface area (Å²) in [4.78, 5) is 2.42. The highest BCUT2D eigenvalue weighted by atomic mass is 15.1. The minimum Gasteiger partial charge on any atom is -0.371 e. The van der Waals surface area contributed by atoms with Gasteiger partial charge in [0.2, 0.25) is 0 Å². The molecule has 0 radical (unpaired) electrons. The van der Waals surface area contributed by atoms with E-state index in [1.165, 1.54) is 5.69 Å². The number of benzene rings is 1. The largest absolute Gasteiger partial charge is 0.371 e. The smallest absolute Gasteiger partial charge is 0.0366 e. The van der Waals surface area contributed by atoms with Crippen LogP contribution < -0.4 is 4.90 Å². The third kappa shape index (κ3) is 3.41. The van der Waals surface area contributed by atoms with Gasteiger partial charge in [0.1, 0.15) is 0 Å². The molecule has 0 saturated carbocycles. The van der Waals surface area contributed by atoms with Crippen LogP contribution in [0.1, 0.15) is 27.7 Å². The van der Waals surface area contributed by atoms with Crippen LogP contribution in [0.3, 0.4) is 0 Å². The first kappa shape index (κ1) is 11.1. The average molecular weight is 191 g/mol. The van der Waals surface area contributed by atoms with Crippen LogP contribution in [0.2, 0.25) is 0 Å². The van der Waals surface area contributed by atoms with Gasteiger partial charge in [0.25, 0.3) is 0 Å². The third-order valence-corrected chi connectivity index (χ3v) is 2.17. The Labute approximate surface area is 87.7 Å². The van der Waals surface area contributed by atoms with Gasteiger partial charge in [-0.3, -0.25) is 0 Å². The Bertz CT molecular complexity index is 258. The standard InChI is InChI=1S/C13H21N/c1-5-14(11-13(2,3)4)12-9-7-6-8-10-12/h6-10H,5,11H2,1-4H3. The summed E-state index contributed by atoms with van der Waals surface area (Å²) in [7, 11) is 0. The number of para-hydroxylation sites is 1. The molecule has 1 rings (SSSR count). The lowest BCUT2D eigenvalue weighted by atomic mass is 9.96. The number of rotatable bonds is 3. The molecule has 0 fully saturated rings. The minimum atomic E-state index is 0.353. The third-order valence-electron chi connectivity index (χ3n) is 2.17. The first-order chi connectivity index (χ1) is 6.53. The van der Waals surface area contributed by atoms with Crippen LogP contribution >= 0.6 is 0 Å². The lowest BCUT2D eigenvalue weighted by molar-refractivity contribution is 0.412. The molecule has 0 spiro atoms. The van der Waals surface area contributed by atoms with Crippen molar-refractivity contribution < 1.29 is 0 Å². The molecule has 0 heterocycles. The van der Waals surface area contributed by atoms with E-state index in [4.69, 9.17) is 0 Å². The molecule has 0 unspecified atom stereocenters. The van der Waals surface area contributed by atoms with E-state index in [0.29, 0.717) is 5.41 Å². The lowest BCUT2D eigenvalue weighted by Gasteiger charge is -2.30. The second kappa shape index (κ2) is 4.50. The quantitative estimate of drug-likeness (QED) is 0.706. The predicted molar refractivity (Wildman–Crippen MR) is 63.8 cm³/mol. The summed E-state index contributed by atoms with van der Waals surface area (Å²) in [5, 5.41) is 0. The molecule has 78 valence electrons. The number of hydrogen-bond acceptors (Lipinski definition) is 1. The van der Waals surface area contributed by atoms with Crippen LogP contribution in [0, 0.1) is 5.41 Å². The fraction of sp³-hybridized carbons (Fsp3) is 0.538. The highest BCUT2D eigenvalue weighted by Crippen LogP contribution is 2.20. The van der Waals surface area contributed by atoms with Gasteiger partial charge in [-0.2, -0.15) is 0 Å². The van der Waals surface area contributed by atoms with E-state index < -0.39 is 0 Å². The number of anilines is 1. The van der Waals surface area contributed by atoms with Crippen LogP contribution in [0.25, 0.3) is 0 Å². The second-order valence-electron chi connectivity index (χ2n) is 4.91. The highest BCUT2D eigenvalue weighted by molar-refractivity contribution is 5.45. The summed E-state index contributed by atoms with van der Waals surface area (Å²) in [6.07, 6.45) is 0. The van der Waals surface area contributed by atoms with E-state index >= 15 is 0 Å². The van der Waals surface area contributed by atoms with Crippen molar-refractivity contribution in [2.45, 2.75) is 27.7 Å². The Kier molecular flexibility index (Phi) is 3.56. The maximum Gasteiger partial charge on any atom is 0.0366 e. The molecule has 1 aromatic rings. The molecular weight excluding hydrogens is 170 g/mol. The summed E-state index contributed by atoms with van der Waals surface area (Å²) in [5.41, 5.74) is 1.68. The molecule has 1 nitrogen and oxygen atoms in total. The monoisotopic (exact) mass is 191 g/mol. The topological polar surface area (TPSA) is 3.24 Å². The van der Waals surface area contributed by atoms with E-state index in [2.05, 4.69) is 62.9 Å². The lowest BCUT2D eigenvalue weighted by Crippen LogP contribution is -2.32. The zero-order valence-electron chi connectivity index (χ0n) is 9.75. The van der Waals surface area contributed by atoms with E-state index in [9.17, 15) is 0 Å². The molecule has 0 aromatic heterocycles. The van der Waals surface area contributed by atoms with Crippen molar-refractivity contribution in [2.24, 2.45) is 5.41 Å². The minimum absolute atomic E-state index is 0.353. The van der Waals surface area contributed by atoms with E-state index in [1.807, 2.05) is 0 Å². The molecule has 0 aliphatic carbocycles. The van der Waals surface area contributed by atoms with Gasteiger partial charge in [-0.25, -0.2) is 0 Å². The average Bonchev–Trinajstić information content (AvgIpc) is 2.14. The summed E-state index contributed by atoms with van der Waals surface area (Å²) in [6.45, 7) is 11.2. The molecule has 1 heteroatoms. The second-order valence-corrected chi connectivity index (χ2v) is 4.91. The van der Waals surface area contributed by atoms with Crippen molar-refractivity contribution in [1.82, 2.24) is 0 Å². The molecule has 0 amide bonds. The Balaban J connectivity index is 2.73. The Hall–Kier alpha value is -0.980. The SMILES string of the molecule is CCN(CC(C)(C)C)c1ccccc1. The van der Waals surface area contributed by atoms with Crippen molar-refractivity contribution in [3.05, 3.63) is 30.3 Å². The van der Waals surface area contributed by atoms with Gasteiger partial charge in [0.05, 0.1) is 0 Å². The summed E-state index contributed by atoms with van der Waals surface area (Å²) in [5.74, 6) is 0. The van der Waals surface area contributed by atoms with Crippen LogP contribution in [-0.2, 0) is 0 Å². The molecule has 0 bridgehead atoms. The van der Waals surface area contributed by atoms with Crippen LogP contribution in [-0.4, -0.2) is 13.1 Å². The fourth-order valence-electron chi connectivity index (χ4n) is 1.60. The molecule has 0 N–H and O–H groups in total. The fourth-order valence-corrected chi connectivity index (χ4v) is 1.60. The van der Waals surface area contributed by atoms with E-state index in [0.717, 1.165) is 13.1 Å². The first-order valence-corrected chi connectivity index (χ1v) is 5.33. The summed E-state index contributed by atoms with van der Waals surface area (Å²) >= 11 is 0. The zero-order chi connectivity index (χ0) is 10.6. The maximum atomic E-state index is 2.42. The zero-order valence-corrected chi connectivity index (χ0v) is 9.75. The van der Waals surface area contributed by atoms with Crippen molar-refractivity contribution in [2.75, 3.05) is 18.0 Å². The van der Waals surface area contributed by atoms with Gasteiger partial charge in [0, 0.05) is 18.8 Å². The van der Waals surface area contributed by atoms with Crippen molar-refractivity contribution in [3.63, 3.8) is 0 Å². The Morgan fingerprint density at radius 2 is 1.64 bits per heavy atom. The molecule has 0 aliphatic rings. The summed E-state index contributed by atoms with van der Waals surface area (Å²) in [6, 6.07) is 10.6. The molecule has 0 aliphatic heterocycles. The molecule has 0 atom stereocenters.